The van der Waals surface area contributed by atoms with Crippen molar-refractivity contribution in [2.45, 2.75) is 25.7 Å². The van der Waals surface area contributed by atoms with Crippen LogP contribution in [-0.2, 0) is 7.05 Å². The van der Waals surface area contributed by atoms with Gasteiger partial charge in [0.15, 0.2) is 0 Å². The molecule has 4 heterocycles. The molecule has 5 rings (SSSR count). The summed E-state index contributed by atoms with van der Waals surface area (Å²) in [7, 11) is 1.86. The van der Waals surface area contributed by atoms with E-state index in [2.05, 4.69) is 51.5 Å². The second-order valence-electron chi connectivity index (χ2n) is 8.09. The average Bonchev–Trinajstić information content (AvgIpc) is 3.33. The topological polar surface area (TPSA) is 66.8 Å². The lowest BCUT2D eigenvalue weighted by atomic mass is 9.89. The van der Waals surface area contributed by atoms with Crippen molar-refractivity contribution < 1.29 is 4.79 Å². The first-order valence-corrected chi connectivity index (χ1v) is 10.4. The van der Waals surface area contributed by atoms with Crippen LogP contribution < -0.4 is 0 Å². The molecule has 1 aromatic carbocycles. The molecule has 30 heavy (non-hydrogen) atoms. The van der Waals surface area contributed by atoms with Crippen LogP contribution in [0.1, 0.15) is 40.5 Å². The molecular weight excluding hydrogens is 374 g/mol. The Balaban J connectivity index is 1.53. The first kappa shape index (κ1) is 18.6. The molecule has 1 atom stereocenters. The maximum atomic E-state index is 13.2. The van der Waals surface area contributed by atoms with E-state index >= 15 is 0 Å². The van der Waals surface area contributed by atoms with Gasteiger partial charge in [0.2, 0.25) is 0 Å². The first-order valence-electron chi connectivity index (χ1n) is 10.4. The Bertz CT molecular complexity index is 1210. The Labute approximate surface area is 175 Å². The van der Waals surface area contributed by atoms with Gasteiger partial charge >= 0.3 is 0 Å². The highest BCUT2D eigenvalue weighted by atomic mass is 16.2. The van der Waals surface area contributed by atoms with E-state index in [0.717, 1.165) is 36.2 Å². The predicted molar refractivity (Wildman–Crippen MR) is 117 cm³/mol. The number of nitrogens with one attached hydrogen (secondary N) is 1. The van der Waals surface area contributed by atoms with E-state index in [1.807, 2.05) is 37.5 Å². The molecule has 0 saturated carbocycles. The number of aryl methyl sites for hydroxylation is 2. The average molecular weight is 399 g/mol. The minimum absolute atomic E-state index is 0.0758. The molecule has 1 saturated heterocycles. The SMILES string of the molecule is Cc1nn(C)cc1C(=O)N1CCCC(c2[nH]c3ccccc3c2-c2ccncc2)C1. The zero-order valence-electron chi connectivity index (χ0n) is 17.3. The summed E-state index contributed by atoms with van der Waals surface area (Å²) >= 11 is 0. The third-order valence-electron chi connectivity index (χ3n) is 6.06. The van der Waals surface area contributed by atoms with Gasteiger partial charge in [-0.05, 0) is 43.5 Å². The number of rotatable bonds is 3. The number of benzene rings is 1. The Morgan fingerprint density at radius 2 is 1.97 bits per heavy atom. The number of fused-ring (bicyclic) bond motifs is 1. The van der Waals surface area contributed by atoms with Gasteiger partial charge in [-0.2, -0.15) is 5.10 Å². The van der Waals surface area contributed by atoms with Crippen LogP contribution in [0, 0.1) is 6.92 Å². The Kier molecular flexibility index (Phi) is 4.62. The minimum Gasteiger partial charge on any atom is -0.358 e. The highest BCUT2D eigenvalue weighted by molar-refractivity contribution is 5.98. The van der Waals surface area contributed by atoms with Gasteiger partial charge in [0.25, 0.3) is 5.91 Å². The van der Waals surface area contributed by atoms with Crippen LogP contribution in [0.15, 0.2) is 55.0 Å². The Morgan fingerprint density at radius 1 is 1.17 bits per heavy atom. The van der Waals surface area contributed by atoms with Gasteiger partial charge in [0, 0.05) is 66.8 Å². The fourth-order valence-electron chi connectivity index (χ4n) is 4.68. The maximum Gasteiger partial charge on any atom is 0.257 e. The van der Waals surface area contributed by atoms with E-state index in [1.165, 1.54) is 16.6 Å². The maximum absolute atomic E-state index is 13.2. The van der Waals surface area contributed by atoms with Crippen LogP contribution in [0.4, 0.5) is 0 Å². The van der Waals surface area contributed by atoms with Crippen molar-refractivity contribution in [1.82, 2.24) is 24.6 Å². The van der Waals surface area contributed by atoms with Crippen LogP contribution in [0.2, 0.25) is 0 Å². The summed E-state index contributed by atoms with van der Waals surface area (Å²) in [6.45, 7) is 3.39. The van der Waals surface area contributed by atoms with Crippen LogP contribution in [0.25, 0.3) is 22.0 Å². The van der Waals surface area contributed by atoms with Crippen molar-refractivity contribution >= 4 is 16.8 Å². The summed E-state index contributed by atoms with van der Waals surface area (Å²) in [5, 5.41) is 5.56. The molecule has 1 aliphatic heterocycles. The Hall–Kier alpha value is -3.41. The predicted octanol–water partition coefficient (Wildman–Crippen LogP) is 4.29. The molecular formula is C24H25N5O. The molecule has 6 heteroatoms. The molecule has 0 aliphatic carbocycles. The third-order valence-corrected chi connectivity index (χ3v) is 6.06. The van der Waals surface area contributed by atoms with Crippen LogP contribution in [0.5, 0.6) is 0 Å². The van der Waals surface area contributed by atoms with E-state index in [1.54, 1.807) is 4.68 Å². The highest BCUT2D eigenvalue weighted by Gasteiger charge is 2.30. The standard InChI is InChI=1S/C24H25N5O/c1-16-20(15-28(2)27-16)24(30)29-13-5-6-18(14-29)23-22(17-9-11-25-12-10-17)19-7-3-4-8-21(19)26-23/h3-4,7-12,15,18,26H,5-6,13-14H2,1-2H3. The zero-order chi connectivity index (χ0) is 20.7. The van der Waals surface area contributed by atoms with Gasteiger partial charge in [0.1, 0.15) is 0 Å². The lowest BCUT2D eigenvalue weighted by Gasteiger charge is -2.33. The van der Waals surface area contributed by atoms with Crippen molar-refractivity contribution in [3.05, 3.63) is 71.9 Å². The van der Waals surface area contributed by atoms with Crippen molar-refractivity contribution in [2.75, 3.05) is 13.1 Å². The van der Waals surface area contributed by atoms with E-state index in [0.29, 0.717) is 12.1 Å². The summed E-state index contributed by atoms with van der Waals surface area (Å²) in [5.41, 5.74) is 6.21. The van der Waals surface area contributed by atoms with Gasteiger partial charge < -0.3 is 9.88 Å². The number of carbonyl (C=O) groups is 1. The van der Waals surface area contributed by atoms with E-state index < -0.39 is 0 Å². The number of para-hydroxylation sites is 1. The van der Waals surface area contributed by atoms with E-state index in [-0.39, 0.29) is 11.8 Å². The summed E-state index contributed by atoms with van der Waals surface area (Å²) in [6.07, 6.45) is 7.54. The molecule has 1 N–H and O–H groups in total. The fraction of sp³-hybridized carbons (Fsp3) is 0.292. The van der Waals surface area contributed by atoms with Gasteiger partial charge in [-0.15, -0.1) is 0 Å². The lowest BCUT2D eigenvalue weighted by Crippen LogP contribution is -2.39. The molecule has 1 amide bonds. The molecule has 4 aromatic rings. The first-order chi connectivity index (χ1) is 14.6. The van der Waals surface area contributed by atoms with E-state index in [9.17, 15) is 4.79 Å². The van der Waals surface area contributed by atoms with Gasteiger partial charge in [0.05, 0.1) is 11.3 Å². The third kappa shape index (κ3) is 3.18. The molecule has 1 unspecified atom stereocenters. The largest absolute Gasteiger partial charge is 0.358 e. The Morgan fingerprint density at radius 3 is 2.73 bits per heavy atom. The molecule has 0 radical (unpaired) electrons. The van der Waals surface area contributed by atoms with Crippen LogP contribution in [0.3, 0.4) is 0 Å². The number of H-pyrrole nitrogens is 1. The van der Waals surface area contributed by atoms with Crippen molar-refractivity contribution in [2.24, 2.45) is 7.05 Å². The van der Waals surface area contributed by atoms with E-state index in [4.69, 9.17) is 0 Å². The zero-order valence-corrected chi connectivity index (χ0v) is 17.3. The molecule has 6 nitrogen and oxygen atoms in total. The summed E-state index contributed by atoms with van der Waals surface area (Å²) in [5.74, 6) is 0.335. The molecule has 152 valence electrons. The second kappa shape index (κ2) is 7.44. The smallest absolute Gasteiger partial charge is 0.257 e. The monoisotopic (exact) mass is 399 g/mol. The fourth-order valence-corrected chi connectivity index (χ4v) is 4.68. The number of likely N-dealkylation sites (tertiary alicyclic amines) is 1. The summed E-state index contributed by atoms with van der Waals surface area (Å²) < 4.78 is 1.71. The van der Waals surface area contributed by atoms with Crippen molar-refractivity contribution in [3.8, 4) is 11.1 Å². The van der Waals surface area contributed by atoms with Gasteiger partial charge in [-0.3, -0.25) is 14.5 Å². The number of hydrogen-bond acceptors (Lipinski definition) is 3. The van der Waals surface area contributed by atoms with Gasteiger partial charge in [-0.25, -0.2) is 0 Å². The number of nitrogens with zero attached hydrogens (tertiary/aromatic N) is 4. The molecule has 0 spiro atoms. The molecule has 0 bridgehead atoms. The number of amides is 1. The number of aromatic nitrogens is 4. The molecule has 3 aromatic heterocycles. The number of carbonyl (C=O) groups excluding carboxylic acids is 1. The number of hydrogen-bond donors (Lipinski definition) is 1. The molecule has 1 aliphatic rings. The number of aromatic amines is 1. The number of pyridine rings is 1. The highest BCUT2D eigenvalue weighted by Crippen LogP contribution is 2.39. The quantitative estimate of drug-likeness (QED) is 0.559. The normalized spacial score (nSPS) is 16.9. The molecule has 1 fully saturated rings. The van der Waals surface area contributed by atoms with Crippen molar-refractivity contribution in [1.29, 1.82) is 0 Å². The van der Waals surface area contributed by atoms with Gasteiger partial charge in [-0.1, -0.05) is 18.2 Å². The van der Waals surface area contributed by atoms with Crippen LogP contribution in [-0.4, -0.2) is 43.6 Å². The minimum atomic E-state index is 0.0758. The number of piperidine rings is 1. The second-order valence-corrected chi connectivity index (χ2v) is 8.09. The van der Waals surface area contributed by atoms with Crippen LogP contribution >= 0.6 is 0 Å². The summed E-state index contributed by atoms with van der Waals surface area (Å²) in [6, 6.07) is 12.5. The van der Waals surface area contributed by atoms with Crippen molar-refractivity contribution in [3.63, 3.8) is 0 Å². The lowest BCUT2D eigenvalue weighted by molar-refractivity contribution is 0.0705. The summed E-state index contributed by atoms with van der Waals surface area (Å²) in [4.78, 5) is 23.0.